The van der Waals surface area contributed by atoms with E-state index in [1.807, 2.05) is 36.4 Å². The van der Waals surface area contributed by atoms with Crippen molar-refractivity contribution in [2.45, 2.75) is 84.0 Å². The lowest BCUT2D eigenvalue weighted by atomic mass is 9.93. The number of halogens is 1. The molecule has 2 atom stereocenters. The third kappa shape index (κ3) is 8.73. The molecular formula is C35H46ClN5O3. The fraction of sp³-hybridized carbons (Fsp3) is 0.457. The molecule has 8 nitrogen and oxygen atoms in total. The molecule has 1 saturated heterocycles. The van der Waals surface area contributed by atoms with Crippen LogP contribution in [0.4, 0.5) is 10.5 Å². The Labute approximate surface area is 267 Å². The van der Waals surface area contributed by atoms with Gasteiger partial charge in [-0.3, -0.25) is 15.1 Å². The first-order valence-corrected chi connectivity index (χ1v) is 16.0. The van der Waals surface area contributed by atoms with Crippen LogP contribution in [0.15, 0.2) is 66.9 Å². The Morgan fingerprint density at radius 1 is 1.16 bits per heavy atom. The zero-order valence-electron chi connectivity index (χ0n) is 26.2. The van der Waals surface area contributed by atoms with Crippen LogP contribution in [0, 0.1) is 5.41 Å². The first-order valence-electron chi connectivity index (χ1n) is 15.7. The maximum atomic E-state index is 14.2. The number of piperazine rings is 1. The van der Waals surface area contributed by atoms with Crippen LogP contribution >= 0.6 is 11.6 Å². The molecule has 9 heteroatoms. The van der Waals surface area contributed by atoms with Gasteiger partial charge in [0.2, 0.25) is 5.91 Å². The molecule has 1 aliphatic carbocycles. The van der Waals surface area contributed by atoms with Gasteiger partial charge in [0.05, 0.1) is 12.4 Å². The SMILES string of the molecule is C=CN(C=N)Cc1cccc(NC(=O)[C@H]2CN(C(=O)OC3CCCCC3)CCN2[C@@H](C=C(C)C)c2ccc(Cl)cc2CC)c1. The molecule has 0 unspecified atom stereocenters. The zero-order valence-corrected chi connectivity index (χ0v) is 27.0. The van der Waals surface area contributed by atoms with E-state index in [-0.39, 0.29) is 30.7 Å². The second kappa shape index (κ2) is 15.9. The molecular weight excluding hydrogens is 574 g/mol. The maximum absolute atomic E-state index is 14.2. The van der Waals surface area contributed by atoms with Crippen molar-refractivity contribution in [3.63, 3.8) is 0 Å². The molecule has 236 valence electrons. The molecule has 0 spiro atoms. The first-order chi connectivity index (χ1) is 21.2. The highest BCUT2D eigenvalue weighted by Crippen LogP contribution is 2.33. The van der Waals surface area contributed by atoms with Crippen molar-refractivity contribution in [1.82, 2.24) is 14.7 Å². The Balaban J connectivity index is 1.64. The lowest BCUT2D eigenvalue weighted by Gasteiger charge is -2.44. The van der Waals surface area contributed by atoms with E-state index in [4.69, 9.17) is 21.7 Å². The third-order valence-corrected chi connectivity index (χ3v) is 8.65. The second-order valence-electron chi connectivity index (χ2n) is 11.9. The van der Waals surface area contributed by atoms with E-state index < -0.39 is 6.04 Å². The van der Waals surface area contributed by atoms with Crippen LogP contribution in [-0.4, -0.2) is 64.8 Å². The quantitative estimate of drug-likeness (QED) is 0.154. The Morgan fingerprint density at radius 3 is 2.61 bits per heavy atom. The van der Waals surface area contributed by atoms with Gasteiger partial charge in [-0.05, 0) is 93.1 Å². The molecule has 1 aliphatic heterocycles. The summed E-state index contributed by atoms with van der Waals surface area (Å²) < 4.78 is 5.92. The minimum atomic E-state index is -0.626. The van der Waals surface area contributed by atoms with Gasteiger partial charge < -0.3 is 19.9 Å². The summed E-state index contributed by atoms with van der Waals surface area (Å²) in [6.07, 6.45) is 10.5. The third-order valence-electron chi connectivity index (χ3n) is 8.42. The fourth-order valence-electron chi connectivity index (χ4n) is 6.12. The summed E-state index contributed by atoms with van der Waals surface area (Å²) in [5.74, 6) is -0.191. The number of rotatable bonds is 11. The van der Waals surface area contributed by atoms with Gasteiger partial charge in [-0.25, -0.2) is 4.79 Å². The van der Waals surface area contributed by atoms with Gasteiger partial charge in [0.25, 0.3) is 0 Å². The molecule has 0 bridgehead atoms. The van der Waals surface area contributed by atoms with Crippen molar-refractivity contribution < 1.29 is 14.3 Å². The molecule has 0 aromatic heterocycles. The van der Waals surface area contributed by atoms with Gasteiger partial charge in [-0.15, -0.1) is 0 Å². The summed E-state index contributed by atoms with van der Waals surface area (Å²) >= 11 is 6.39. The van der Waals surface area contributed by atoms with Gasteiger partial charge in [0.15, 0.2) is 0 Å². The number of aryl methyl sites for hydroxylation is 1. The molecule has 2 amide bonds. The van der Waals surface area contributed by atoms with Crippen molar-refractivity contribution in [3.05, 3.63) is 88.6 Å². The molecule has 0 radical (unpaired) electrons. The molecule has 2 aromatic rings. The maximum Gasteiger partial charge on any atom is 0.410 e. The Kier molecular flexibility index (Phi) is 12.0. The van der Waals surface area contributed by atoms with Gasteiger partial charge >= 0.3 is 6.09 Å². The number of ether oxygens (including phenoxy) is 1. The van der Waals surface area contributed by atoms with Crippen LogP contribution in [-0.2, 0) is 22.5 Å². The Bertz CT molecular complexity index is 1340. The number of hydrogen-bond acceptors (Lipinski definition) is 5. The van der Waals surface area contributed by atoms with Crippen molar-refractivity contribution in [1.29, 1.82) is 5.41 Å². The van der Waals surface area contributed by atoms with Gasteiger partial charge in [-0.1, -0.05) is 61.4 Å². The summed E-state index contributed by atoms with van der Waals surface area (Å²) in [6.45, 7) is 11.6. The lowest BCUT2D eigenvalue weighted by Crippen LogP contribution is -2.59. The summed E-state index contributed by atoms with van der Waals surface area (Å²) in [5.41, 5.74) is 4.95. The van der Waals surface area contributed by atoms with Crippen molar-refractivity contribution in [2.75, 3.05) is 25.0 Å². The highest BCUT2D eigenvalue weighted by Gasteiger charge is 2.39. The fourth-order valence-corrected chi connectivity index (χ4v) is 6.32. The molecule has 1 saturated carbocycles. The predicted octanol–water partition coefficient (Wildman–Crippen LogP) is 7.56. The number of amides is 2. The standard InChI is InChI=1S/C35H46ClN5O3/c1-5-27-21-28(36)15-16-31(27)32(19-25(3)4)41-18-17-40(35(43)44-30-13-8-7-9-14-30)23-33(41)34(42)38-29-12-10-11-26(20-29)22-39(6-2)24-37/h6,10-12,15-16,19-21,24,30,32-33,37H,2,5,7-9,13-14,17-18,22-23H2,1,3-4H3,(H,38,42)/t32-,33+/m0/s1. The van der Waals surface area contributed by atoms with E-state index in [0.29, 0.717) is 30.3 Å². The van der Waals surface area contributed by atoms with E-state index in [2.05, 4.69) is 49.7 Å². The normalized spacial score (nSPS) is 18.2. The summed E-state index contributed by atoms with van der Waals surface area (Å²) in [5, 5.41) is 11.4. The van der Waals surface area contributed by atoms with E-state index in [0.717, 1.165) is 54.4 Å². The number of nitrogens with zero attached hydrogens (tertiary/aromatic N) is 3. The Hall–Kier alpha value is -3.62. The molecule has 2 N–H and O–H groups in total. The largest absolute Gasteiger partial charge is 0.446 e. The van der Waals surface area contributed by atoms with E-state index >= 15 is 0 Å². The van der Waals surface area contributed by atoms with Gasteiger partial charge in [0, 0.05) is 36.9 Å². The molecule has 2 fully saturated rings. The summed E-state index contributed by atoms with van der Waals surface area (Å²) in [6, 6.07) is 12.7. The summed E-state index contributed by atoms with van der Waals surface area (Å²) in [7, 11) is 0. The number of carbonyl (C=O) groups excluding carboxylic acids is 2. The van der Waals surface area contributed by atoms with Gasteiger partial charge in [0.1, 0.15) is 12.1 Å². The smallest absolute Gasteiger partial charge is 0.410 e. The van der Waals surface area contributed by atoms with Crippen molar-refractivity contribution >= 4 is 35.6 Å². The number of carbonyl (C=O) groups is 2. The minimum absolute atomic E-state index is 0.0556. The highest BCUT2D eigenvalue weighted by molar-refractivity contribution is 6.30. The van der Waals surface area contributed by atoms with Crippen LogP contribution < -0.4 is 5.32 Å². The number of nitrogens with one attached hydrogen (secondary N) is 2. The van der Waals surface area contributed by atoms with E-state index in [9.17, 15) is 9.59 Å². The number of anilines is 1. The lowest BCUT2D eigenvalue weighted by molar-refractivity contribution is -0.124. The van der Waals surface area contributed by atoms with Crippen molar-refractivity contribution in [2.24, 2.45) is 0 Å². The molecule has 1 heterocycles. The second-order valence-corrected chi connectivity index (χ2v) is 12.3. The average Bonchev–Trinajstić information content (AvgIpc) is 3.02. The highest BCUT2D eigenvalue weighted by atomic mass is 35.5. The zero-order chi connectivity index (χ0) is 31.6. The molecule has 2 aliphatic rings. The Morgan fingerprint density at radius 2 is 1.93 bits per heavy atom. The molecule has 2 aromatic carbocycles. The van der Waals surface area contributed by atoms with Crippen LogP contribution in [0.1, 0.15) is 75.6 Å². The summed E-state index contributed by atoms with van der Waals surface area (Å²) in [4.78, 5) is 33.1. The van der Waals surface area contributed by atoms with E-state index in [1.54, 1.807) is 16.0 Å². The van der Waals surface area contributed by atoms with Crippen LogP contribution in [0.2, 0.25) is 5.02 Å². The monoisotopic (exact) mass is 619 g/mol. The topological polar surface area (TPSA) is 89.0 Å². The predicted molar refractivity (Wildman–Crippen MR) is 178 cm³/mol. The number of hydrogen-bond donors (Lipinski definition) is 2. The molecule has 4 rings (SSSR count). The molecule has 44 heavy (non-hydrogen) atoms. The van der Waals surface area contributed by atoms with Crippen LogP contribution in [0.25, 0.3) is 0 Å². The average molecular weight is 620 g/mol. The minimum Gasteiger partial charge on any atom is -0.446 e. The first kappa shape index (κ1) is 33.3. The van der Waals surface area contributed by atoms with Crippen LogP contribution in [0.5, 0.6) is 0 Å². The van der Waals surface area contributed by atoms with E-state index in [1.165, 1.54) is 12.8 Å². The van der Waals surface area contributed by atoms with Gasteiger partial charge in [-0.2, -0.15) is 0 Å². The van der Waals surface area contributed by atoms with Crippen molar-refractivity contribution in [3.8, 4) is 0 Å². The number of benzene rings is 2. The van der Waals surface area contributed by atoms with Crippen LogP contribution in [0.3, 0.4) is 0 Å². The number of allylic oxidation sites excluding steroid dienone is 1.